The molecule has 2 nitrogen and oxygen atoms in total. The third kappa shape index (κ3) is 3.80. The molecule has 0 aromatic heterocycles. The van der Waals surface area contributed by atoms with Crippen LogP contribution in [0.3, 0.4) is 0 Å². The summed E-state index contributed by atoms with van der Waals surface area (Å²) in [5.41, 5.74) is 2.17. The van der Waals surface area contributed by atoms with Gasteiger partial charge in [0, 0.05) is 10.3 Å². The van der Waals surface area contributed by atoms with Gasteiger partial charge in [0.2, 0.25) is 0 Å². The van der Waals surface area contributed by atoms with E-state index in [0.717, 1.165) is 16.2 Å². The third-order valence-electron chi connectivity index (χ3n) is 2.75. The standard InChI is InChI=1S/C16H16O2S/c1-13-3-9-16(10-4-13)19(17)12-11-14-5-7-15(18-2)8-6-14/h3-12H,1-2H3/b12-11+. The van der Waals surface area contributed by atoms with Crippen molar-refractivity contribution in [1.29, 1.82) is 0 Å². The Kier molecular flexibility index (Phi) is 4.53. The van der Waals surface area contributed by atoms with Crippen molar-refractivity contribution >= 4 is 16.9 Å². The lowest BCUT2D eigenvalue weighted by molar-refractivity contribution is 0.415. The quantitative estimate of drug-likeness (QED) is 0.846. The average Bonchev–Trinajstić information content (AvgIpc) is 2.46. The normalized spacial score (nSPS) is 12.5. The van der Waals surface area contributed by atoms with Crippen molar-refractivity contribution in [3.63, 3.8) is 0 Å². The van der Waals surface area contributed by atoms with Crippen molar-refractivity contribution < 1.29 is 8.95 Å². The van der Waals surface area contributed by atoms with E-state index in [4.69, 9.17) is 4.74 Å². The molecule has 0 aliphatic carbocycles. The van der Waals surface area contributed by atoms with Crippen LogP contribution in [0.25, 0.3) is 6.08 Å². The summed E-state index contributed by atoms with van der Waals surface area (Å²) in [5.74, 6) is 0.816. The van der Waals surface area contributed by atoms with Crippen LogP contribution in [0.1, 0.15) is 11.1 Å². The molecule has 19 heavy (non-hydrogen) atoms. The molecule has 0 saturated heterocycles. The second-order valence-corrected chi connectivity index (χ2v) is 5.52. The first-order chi connectivity index (χ1) is 9.19. The number of rotatable bonds is 4. The van der Waals surface area contributed by atoms with Gasteiger partial charge >= 0.3 is 0 Å². The molecule has 2 aromatic carbocycles. The van der Waals surface area contributed by atoms with Crippen LogP contribution >= 0.6 is 0 Å². The highest BCUT2D eigenvalue weighted by Gasteiger charge is 1.98. The lowest BCUT2D eigenvalue weighted by Crippen LogP contribution is -1.86. The van der Waals surface area contributed by atoms with Crippen LogP contribution in [-0.4, -0.2) is 11.3 Å². The topological polar surface area (TPSA) is 26.3 Å². The van der Waals surface area contributed by atoms with Crippen LogP contribution in [0.15, 0.2) is 58.8 Å². The lowest BCUT2D eigenvalue weighted by Gasteiger charge is -2.00. The van der Waals surface area contributed by atoms with Crippen LogP contribution in [0.2, 0.25) is 0 Å². The van der Waals surface area contributed by atoms with Gasteiger partial charge in [-0.15, -0.1) is 0 Å². The molecule has 3 heteroatoms. The lowest BCUT2D eigenvalue weighted by atomic mass is 10.2. The fraction of sp³-hybridized carbons (Fsp3) is 0.125. The Hall–Kier alpha value is -1.87. The molecule has 0 aliphatic rings. The van der Waals surface area contributed by atoms with Gasteiger partial charge in [0.1, 0.15) is 5.75 Å². The van der Waals surface area contributed by atoms with Crippen molar-refractivity contribution in [3.8, 4) is 5.75 Å². The highest BCUT2D eigenvalue weighted by Crippen LogP contribution is 2.14. The summed E-state index contributed by atoms with van der Waals surface area (Å²) in [5, 5.41) is 1.70. The minimum absolute atomic E-state index is 0.815. The molecular formula is C16H16O2S. The maximum absolute atomic E-state index is 12.1. The van der Waals surface area contributed by atoms with Crippen molar-refractivity contribution in [1.82, 2.24) is 0 Å². The Balaban J connectivity index is 2.08. The summed E-state index contributed by atoms with van der Waals surface area (Å²) >= 11 is 0. The minimum atomic E-state index is -1.11. The molecule has 0 saturated carbocycles. The highest BCUT2D eigenvalue weighted by atomic mass is 32.2. The fourth-order valence-corrected chi connectivity index (χ4v) is 2.45. The van der Waals surface area contributed by atoms with Gasteiger partial charge in [-0.1, -0.05) is 29.8 Å². The second-order valence-electron chi connectivity index (χ2n) is 4.19. The zero-order valence-corrected chi connectivity index (χ0v) is 11.8. The highest BCUT2D eigenvalue weighted by molar-refractivity contribution is 7.88. The molecule has 0 heterocycles. The number of methoxy groups -OCH3 is 1. The number of benzene rings is 2. The van der Waals surface area contributed by atoms with Gasteiger partial charge in [-0.25, -0.2) is 4.21 Å². The Labute approximate surface area is 116 Å². The van der Waals surface area contributed by atoms with E-state index < -0.39 is 10.8 Å². The molecule has 0 fully saturated rings. The first kappa shape index (κ1) is 13.6. The predicted octanol–water partition coefficient (Wildman–Crippen LogP) is 3.78. The van der Waals surface area contributed by atoms with Crippen molar-refractivity contribution in [2.75, 3.05) is 7.11 Å². The van der Waals surface area contributed by atoms with E-state index in [1.807, 2.05) is 61.5 Å². The molecule has 0 bridgehead atoms. The Morgan fingerprint density at radius 2 is 1.63 bits per heavy atom. The third-order valence-corrected chi connectivity index (χ3v) is 3.87. The van der Waals surface area contributed by atoms with E-state index in [0.29, 0.717) is 0 Å². The monoisotopic (exact) mass is 272 g/mol. The maximum atomic E-state index is 12.1. The first-order valence-electron chi connectivity index (χ1n) is 5.98. The molecule has 98 valence electrons. The van der Waals surface area contributed by atoms with E-state index in [9.17, 15) is 4.21 Å². The van der Waals surface area contributed by atoms with Gasteiger partial charge in [0.25, 0.3) is 0 Å². The number of ether oxygens (including phenoxy) is 1. The molecule has 0 spiro atoms. The van der Waals surface area contributed by atoms with Gasteiger partial charge in [0.05, 0.1) is 17.9 Å². The summed E-state index contributed by atoms with van der Waals surface area (Å²) in [4.78, 5) is 0.815. The zero-order chi connectivity index (χ0) is 13.7. The Morgan fingerprint density at radius 3 is 2.21 bits per heavy atom. The summed E-state index contributed by atoms with van der Waals surface area (Å²) < 4.78 is 17.1. The molecule has 1 unspecified atom stereocenters. The number of hydrogen-bond donors (Lipinski definition) is 0. The van der Waals surface area contributed by atoms with Gasteiger partial charge < -0.3 is 4.74 Å². The zero-order valence-electron chi connectivity index (χ0n) is 11.0. The Morgan fingerprint density at radius 1 is 1.00 bits per heavy atom. The van der Waals surface area contributed by atoms with Crippen LogP contribution in [0, 0.1) is 6.92 Å². The fourth-order valence-electron chi connectivity index (χ4n) is 1.61. The summed E-state index contributed by atoms with van der Waals surface area (Å²) in [6.45, 7) is 2.01. The number of aryl methyl sites for hydroxylation is 1. The molecule has 2 aromatic rings. The molecule has 0 aliphatic heterocycles. The van der Waals surface area contributed by atoms with Crippen molar-refractivity contribution in [2.45, 2.75) is 11.8 Å². The minimum Gasteiger partial charge on any atom is -0.497 e. The summed E-state index contributed by atoms with van der Waals surface area (Å²) in [6, 6.07) is 15.4. The molecule has 2 rings (SSSR count). The number of hydrogen-bond acceptors (Lipinski definition) is 2. The molecule has 0 radical (unpaired) electrons. The largest absolute Gasteiger partial charge is 0.497 e. The van der Waals surface area contributed by atoms with Crippen molar-refractivity contribution in [3.05, 3.63) is 65.1 Å². The maximum Gasteiger partial charge on any atom is 0.118 e. The Bertz CT molecular complexity index is 583. The van der Waals surface area contributed by atoms with E-state index in [2.05, 4.69) is 0 Å². The van der Waals surface area contributed by atoms with Gasteiger partial charge in [-0.3, -0.25) is 0 Å². The molecule has 1 atom stereocenters. The first-order valence-corrected chi connectivity index (χ1v) is 7.20. The van der Waals surface area contributed by atoms with Crippen LogP contribution < -0.4 is 4.74 Å². The molecule has 0 N–H and O–H groups in total. The second kappa shape index (κ2) is 6.34. The van der Waals surface area contributed by atoms with Crippen LogP contribution in [0.5, 0.6) is 5.75 Å². The summed E-state index contributed by atoms with van der Waals surface area (Å²) in [7, 11) is 0.525. The van der Waals surface area contributed by atoms with Crippen LogP contribution in [0.4, 0.5) is 0 Å². The van der Waals surface area contributed by atoms with Crippen LogP contribution in [-0.2, 0) is 10.8 Å². The van der Waals surface area contributed by atoms with E-state index >= 15 is 0 Å². The smallest absolute Gasteiger partial charge is 0.118 e. The molecule has 0 amide bonds. The predicted molar refractivity (Wildman–Crippen MR) is 79.6 cm³/mol. The average molecular weight is 272 g/mol. The van der Waals surface area contributed by atoms with Gasteiger partial charge in [-0.2, -0.15) is 0 Å². The van der Waals surface area contributed by atoms with E-state index in [1.54, 1.807) is 12.5 Å². The molecular weight excluding hydrogens is 256 g/mol. The van der Waals surface area contributed by atoms with E-state index in [1.165, 1.54) is 5.56 Å². The van der Waals surface area contributed by atoms with E-state index in [-0.39, 0.29) is 0 Å². The van der Waals surface area contributed by atoms with Crippen molar-refractivity contribution in [2.24, 2.45) is 0 Å². The summed E-state index contributed by atoms with van der Waals surface area (Å²) in [6.07, 6.45) is 1.86. The SMILES string of the molecule is COc1ccc(/C=C/S(=O)c2ccc(C)cc2)cc1. The van der Waals surface area contributed by atoms with Gasteiger partial charge in [-0.05, 0) is 42.8 Å². The van der Waals surface area contributed by atoms with Gasteiger partial charge in [0.15, 0.2) is 0 Å².